The van der Waals surface area contributed by atoms with E-state index in [0.29, 0.717) is 11.7 Å². The molecule has 4 heterocycles. The topological polar surface area (TPSA) is 79.7 Å². The zero-order chi connectivity index (χ0) is 17.6. The predicted octanol–water partition coefficient (Wildman–Crippen LogP) is 2.86. The fourth-order valence-electron chi connectivity index (χ4n) is 3.27. The highest BCUT2D eigenvalue weighted by molar-refractivity contribution is 5.50. The Hall–Kier alpha value is -3.09. The van der Waals surface area contributed by atoms with E-state index in [0.717, 1.165) is 43.4 Å². The molecule has 7 nitrogen and oxygen atoms in total. The highest BCUT2D eigenvalue weighted by atomic mass is 15.3. The molecular formula is C19H21N7. The van der Waals surface area contributed by atoms with Gasteiger partial charge in [0.2, 0.25) is 5.95 Å². The van der Waals surface area contributed by atoms with Crippen molar-refractivity contribution in [2.75, 3.05) is 23.3 Å². The van der Waals surface area contributed by atoms with Gasteiger partial charge in [-0.05, 0) is 55.5 Å². The van der Waals surface area contributed by atoms with Crippen LogP contribution in [-0.4, -0.2) is 38.2 Å². The lowest BCUT2D eigenvalue weighted by molar-refractivity contribution is 0.405. The van der Waals surface area contributed by atoms with Gasteiger partial charge < -0.3 is 10.2 Å². The molecular weight excluding hydrogens is 326 g/mol. The van der Waals surface area contributed by atoms with Gasteiger partial charge in [-0.2, -0.15) is 5.10 Å². The molecule has 0 saturated carbocycles. The Bertz CT molecular complexity index is 808. The van der Waals surface area contributed by atoms with Crippen LogP contribution in [0.5, 0.6) is 0 Å². The number of hydrogen-bond acceptors (Lipinski definition) is 7. The van der Waals surface area contributed by atoms with Crippen LogP contribution >= 0.6 is 0 Å². The van der Waals surface area contributed by atoms with Crippen molar-refractivity contribution in [3.8, 4) is 0 Å². The first-order valence-electron chi connectivity index (χ1n) is 8.89. The van der Waals surface area contributed by atoms with Crippen LogP contribution < -0.4 is 10.2 Å². The van der Waals surface area contributed by atoms with Crippen LogP contribution in [0.1, 0.15) is 18.5 Å². The number of aromatic nitrogens is 5. The van der Waals surface area contributed by atoms with Gasteiger partial charge in [0.05, 0.1) is 5.69 Å². The van der Waals surface area contributed by atoms with Crippen LogP contribution in [0.25, 0.3) is 0 Å². The van der Waals surface area contributed by atoms with Crippen molar-refractivity contribution in [2.24, 2.45) is 5.92 Å². The lowest BCUT2D eigenvalue weighted by Crippen LogP contribution is -2.37. The van der Waals surface area contributed by atoms with Crippen LogP contribution in [0, 0.1) is 5.92 Å². The molecule has 0 aromatic carbocycles. The maximum absolute atomic E-state index is 4.38. The van der Waals surface area contributed by atoms with Crippen molar-refractivity contribution in [1.82, 2.24) is 25.1 Å². The highest BCUT2D eigenvalue weighted by Gasteiger charge is 2.22. The highest BCUT2D eigenvalue weighted by Crippen LogP contribution is 2.23. The third-order valence-corrected chi connectivity index (χ3v) is 4.49. The van der Waals surface area contributed by atoms with Gasteiger partial charge in [-0.3, -0.25) is 0 Å². The summed E-state index contributed by atoms with van der Waals surface area (Å²) in [6.45, 7) is 1.97. The summed E-state index contributed by atoms with van der Waals surface area (Å²) >= 11 is 0. The first kappa shape index (κ1) is 16.4. The van der Waals surface area contributed by atoms with Gasteiger partial charge in [-0.1, -0.05) is 6.07 Å². The summed E-state index contributed by atoms with van der Waals surface area (Å²) in [7, 11) is 0. The molecule has 1 aliphatic rings. The van der Waals surface area contributed by atoms with Crippen molar-refractivity contribution < 1.29 is 0 Å². The molecule has 132 valence electrons. The second-order valence-electron chi connectivity index (χ2n) is 6.46. The van der Waals surface area contributed by atoms with Gasteiger partial charge in [0.15, 0.2) is 5.82 Å². The van der Waals surface area contributed by atoms with Gasteiger partial charge in [-0.15, -0.1) is 5.10 Å². The first-order chi connectivity index (χ1) is 12.9. The van der Waals surface area contributed by atoms with Crippen molar-refractivity contribution in [3.05, 3.63) is 60.7 Å². The Kier molecular flexibility index (Phi) is 4.95. The van der Waals surface area contributed by atoms with Crippen molar-refractivity contribution in [1.29, 1.82) is 0 Å². The van der Waals surface area contributed by atoms with Crippen LogP contribution in [0.2, 0.25) is 0 Å². The maximum atomic E-state index is 4.38. The minimum Gasteiger partial charge on any atom is -0.341 e. The second kappa shape index (κ2) is 7.86. The molecule has 0 amide bonds. The smallest absolute Gasteiger partial charge is 0.225 e. The second-order valence-corrected chi connectivity index (χ2v) is 6.46. The molecule has 1 atom stereocenters. The molecule has 1 N–H and O–H groups in total. The Morgan fingerprint density at radius 3 is 2.58 bits per heavy atom. The van der Waals surface area contributed by atoms with Crippen LogP contribution in [0.3, 0.4) is 0 Å². The summed E-state index contributed by atoms with van der Waals surface area (Å²) < 4.78 is 0. The minimum absolute atomic E-state index is 0.538. The molecule has 7 heteroatoms. The first-order valence-corrected chi connectivity index (χ1v) is 8.89. The van der Waals surface area contributed by atoms with Crippen molar-refractivity contribution >= 4 is 17.6 Å². The number of pyridine rings is 1. The number of nitrogens with one attached hydrogen (secondary N) is 1. The monoisotopic (exact) mass is 347 g/mol. The average Bonchev–Trinajstić information content (AvgIpc) is 2.71. The Labute approximate surface area is 152 Å². The van der Waals surface area contributed by atoms with E-state index >= 15 is 0 Å². The molecule has 0 bridgehead atoms. The Morgan fingerprint density at radius 1 is 0.923 bits per heavy atom. The van der Waals surface area contributed by atoms with E-state index < -0.39 is 0 Å². The van der Waals surface area contributed by atoms with Crippen LogP contribution in [0.15, 0.2) is 55.0 Å². The van der Waals surface area contributed by atoms with E-state index in [4.69, 9.17) is 0 Å². The predicted molar refractivity (Wildman–Crippen MR) is 100 cm³/mol. The van der Waals surface area contributed by atoms with Crippen molar-refractivity contribution in [3.63, 3.8) is 0 Å². The Balaban J connectivity index is 1.36. The summed E-state index contributed by atoms with van der Waals surface area (Å²) in [6.07, 6.45) is 8.60. The van der Waals surface area contributed by atoms with Gasteiger partial charge in [0, 0.05) is 31.7 Å². The van der Waals surface area contributed by atoms with Gasteiger partial charge in [0.1, 0.15) is 5.82 Å². The normalized spacial score (nSPS) is 17.1. The SMILES string of the molecule is c1ccc(Nc2ccc(C[C@@H]3CCCN(c4ncccn4)C3)nn2)nc1. The zero-order valence-electron chi connectivity index (χ0n) is 14.5. The Morgan fingerprint density at radius 2 is 1.81 bits per heavy atom. The van der Waals surface area contributed by atoms with E-state index in [1.54, 1.807) is 18.6 Å². The van der Waals surface area contributed by atoms with Crippen LogP contribution in [-0.2, 0) is 6.42 Å². The molecule has 0 radical (unpaired) electrons. The van der Waals surface area contributed by atoms with Crippen LogP contribution in [0.4, 0.5) is 17.6 Å². The molecule has 1 fully saturated rings. The number of piperidine rings is 1. The van der Waals surface area contributed by atoms with Gasteiger partial charge in [0.25, 0.3) is 0 Å². The molecule has 0 aliphatic carbocycles. The van der Waals surface area contributed by atoms with E-state index in [-0.39, 0.29) is 0 Å². The van der Waals surface area contributed by atoms with E-state index in [1.807, 2.05) is 36.4 Å². The summed E-state index contributed by atoms with van der Waals surface area (Å²) in [5.41, 5.74) is 1.01. The van der Waals surface area contributed by atoms with Gasteiger partial charge >= 0.3 is 0 Å². The molecule has 3 aromatic heterocycles. The maximum Gasteiger partial charge on any atom is 0.225 e. The fraction of sp³-hybridized carbons (Fsp3) is 0.316. The van der Waals surface area contributed by atoms with E-state index in [2.05, 4.69) is 35.4 Å². The standard InChI is InChI=1S/C19H21N7/c1-2-9-20-17(6-1)23-18-8-7-16(24-25-18)13-15-5-3-12-26(14-15)19-21-10-4-11-22-19/h1-2,4,6-11,15H,3,5,12-14H2,(H,20,23,25)/t15-/m0/s1. The largest absolute Gasteiger partial charge is 0.341 e. The minimum atomic E-state index is 0.538. The average molecular weight is 347 g/mol. The molecule has 3 aromatic rings. The molecule has 0 spiro atoms. The summed E-state index contributed by atoms with van der Waals surface area (Å²) in [4.78, 5) is 15.2. The summed E-state index contributed by atoms with van der Waals surface area (Å²) in [6, 6.07) is 11.6. The fourth-order valence-corrected chi connectivity index (χ4v) is 3.27. The number of rotatable bonds is 5. The molecule has 0 unspecified atom stereocenters. The number of anilines is 3. The van der Waals surface area contributed by atoms with Crippen molar-refractivity contribution in [2.45, 2.75) is 19.3 Å². The quantitative estimate of drug-likeness (QED) is 0.760. The number of nitrogens with zero attached hydrogens (tertiary/aromatic N) is 6. The van der Waals surface area contributed by atoms with E-state index in [9.17, 15) is 0 Å². The summed E-state index contributed by atoms with van der Waals surface area (Å²) in [5, 5.41) is 11.8. The van der Waals surface area contributed by atoms with E-state index in [1.165, 1.54) is 6.42 Å². The third kappa shape index (κ3) is 4.11. The number of hydrogen-bond donors (Lipinski definition) is 1. The molecule has 4 rings (SSSR count). The summed E-state index contributed by atoms with van der Waals surface area (Å²) in [5.74, 6) is 2.82. The molecule has 26 heavy (non-hydrogen) atoms. The molecule has 1 saturated heterocycles. The molecule has 1 aliphatic heterocycles. The third-order valence-electron chi connectivity index (χ3n) is 4.49. The lowest BCUT2D eigenvalue weighted by atomic mass is 9.93. The zero-order valence-corrected chi connectivity index (χ0v) is 14.5. The lowest BCUT2D eigenvalue weighted by Gasteiger charge is -2.32. The van der Waals surface area contributed by atoms with Gasteiger partial charge in [-0.25, -0.2) is 15.0 Å².